The lowest BCUT2D eigenvalue weighted by molar-refractivity contribution is 0.381. The van der Waals surface area contributed by atoms with Crippen LogP contribution in [0.25, 0.3) is 0 Å². The van der Waals surface area contributed by atoms with Crippen LogP contribution >= 0.6 is 22.6 Å². The summed E-state index contributed by atoms with van der Waals surface area (Å²) in [6, 6.07) is 15.1. The second-order valence-electron chi connectivity index (χ2n) is 7.21. The van der Waals surface area contributed by atoms with E-state index in [-0.39, 0.29) is 5.54 Å². The Morgan fingerprint density at radius 1 is 1.21 bits per heavy atom. The first-order valence-corrected chi connectivity index (χ1v) is 9.70. The van der Waals surface area contributed by atoms with Crippen molar-refractivity contribution in [2.75, 3.05) is 11.4 Å². The molecule has 1 heterocycles. The third kappa shape index (κ3) is 3.51. The molecule has 2 aromatic rings. The Hall–Kier alpha value is -1.36. The molecule has 126 valence electrons. The molecule has 0 radical (unpaired) electrons. The topological polar surface area (TPSA) is 15.6 Å². The highest BCUT2D eigenvalue weighted by atomic mass is 127. The van der Waals surface area contributed by atoms with Crippen molar-refractivity contribution in [3.05, 3.63) is 57.2 Å². The van der Waals surface area contributed by atoms with E-state index in [9.17, 15) is 0 Å². The number of nitrogens with zero attached hydrogens (tertiary/aromatic N) is 2. The number of anilines is 1. The number of benzene rings is 2. The van der Waals surface area contributed by atoms with Crippen LogP contribution < -0.4 is 4.90 Å². The van der Waals surface area contributed by atoms with Gasteiger partial charge in [0, 0.05) is 27.6 Å². The van der Waals surface area contributed by atoms with Crippen molar-refractivity contribution in [2.45, 2.75) is 45.6 Å². The number of hydrogen-bond donors (Lipinski definition) is 0. The van der Waals surface area contributed by atoms with Crippen LogP contribution in [0.3, 0.4) is 0 Å². The van der Waals surface area contributed by atoms with Gasteiger partial charge in [-0.05, 0) is 103 Å². The molecule has 0 N–H and O–H groups in total. The molecule has 2 nitrogen and oxygen atoms in total. The molecule has 1 aliphatic heterocycles. The quantitative estimate of drug-likeness (QED) is 0.419. The highest BCUT2D eigenvalue weighted by Gasteiger charge is 2.35. The number of fused-ring (bicyclic) bond motifs is 1. The smallest absolute Gasteiger partial charge is 0.0630 e. The molecule has 0 saturated heterocycles. The summed E-state index contributed by atoms with van der Waals surface area (Å²) in [4.78, 5) is 7.15. The lowest BCUT2D eigenvalue weighted by Crippen LogP contribution is -2.48. The van der Waals surface area contributed by atoms with Gasteiger partial charge in [0.1, 0.15) is 0 Å². The minimum absolute atomic E-state index is 0.220. The lowest BCUT2D eigenvalue weighted by Gasteiger charge is -2.47. The molecular weight excluding hydrogens is 407 g/mol. The van der Waals surface area contributed by atoms with E-state index in [1.165, 1.54) is 26.8 Å². The van der Waals surface area contributed by atoms with Crippen LogP contribution in [0.4, 0.5) is 11.4 Å². The standard InChI is InChI=1S/C21H25IN2/c1-5-24-20-11-6-16(12-19(20)15(2)13-21(24,3)4)14-23-18-9-7-17(22)8-10-18/h6-12,14-15H,5,13H2,1-4H3. The SMILES string of the molecule is CCN1c2ccc(C=Nc3ccc(I)cc3)cc2C(C)CC1(C)C. The van der Waals surface area contributed by atoms with E-state index in [1.54, 1.807) is 0 Å². The van der Waals surface area contributed by atoms with Gasteiger partial charge in [-0.25, -0.2) is 0 Å². The van der Waals surface area contributed by atoms with Crippen molar-refractivity contribution in [3.63, 3.8) is 0 Å². The Balaban J connectivity index is 1.91. The average molecular weight is 432 g/mol. The van der Waals surface area contributed by atoms with Gasteiger partial charge in [0.15, 0.2) is 0 Å². The normalized spacial score (nSPS) is 19.5. The number of halogens is 1. The van der Waals surface area contributed by atoms with Crippen LogP contribution in [0.5, 0.6) is 0 Å². The molecule has 0 saturated carbocycles. The van der Waals surface area contributed by atoms with E-state index >= 15 is 0 Å². The van der Waals surface area contributed by atoms with Crippen molar-refractivity contribution in [2.24, 2.45) is 4.99 Å². The van der Waals surface area contributed by atoms with Gasteiger partial charge in [0.25, 0.3) is 0 Å². The number of rotatable bonds is 3. The molecule has 0 aromatic heterocycles. The summed E-state index contributed by atoms with van der Waals surface area (Å²) in [5, 5.41) is 0. The molecule has 0 spiro atoms. The largest absolute Gasteiger partial charge is 0.366 e. The first-order chi connectivity index (χ1) is 11.4. The maximum absolute atomic E-state index is 4.62. The highest BCUT2D eigenvalue weighted by molar-refractivity contribution is 14.1. The van der Waals surface area contributed by atoms with Gasteiger partial charge in [0.05, 0.1) is 5.69 Å². The van der Waals surface area contributed by atoms with Crippen LogP contribution in [0.1, 0.15) is 51.2 Å². The summed E-state index contributed by atoms with van der Waals surface area (Å²) in [7, 11) is 0. The minimum atomic E-state index is 0.220. The maximum atomic E-state index is 4.62. The summed E-state index contributed by atoms with van der Waals surface area (Å²) in [6.07, 6.45) is 3.16. The number of aliphatic imine (C=N–C) groups is 1. The Morgan fingerprint density at radius 3 is 2.58 bits per heavy atom. The van der Waals surface area contributed by atoms with Gasteiger partial charge in [-0.2, -0.15) is 0 Å². The molecule has 3 rings (SSSR count). The van der Waals surface area contributed by atoms with Gasteiger partial charge in [0.2, 0.25) is 0 Å². The molecule has 2 aromatic carbocycles. The van der Waals surface area contributed by atoms with Gasteiger partial charge < -0.3 is 4.90 Å². The first-order valence-electron chi connectivity index (χ1n) is 8.62. The van der Waals surface area contributed by atoms with Crippen LogP contribution in [0.15, 0.2) is 47.5 Å². The molecule has 0 fully saturated rings. The van der Waals surface area contributed by atoms with Crippen LogP contribution in [0, 0.1) is 3.57 Å². The molecule has 0 aliphatic carbocycles. The molecule has 1 aliphatic rings. The second kappa shape index (κ2) is 6.87. The molecule has 1 unspecified atom stereocenters. The summed E-state index contributed by atoms with van der Waals surface area (Å²) in [5.74, 6) is 0.574. The van der Waals surface area contributed by atoms with Crippen LogP contribution in [0.2, 0.25) is 0 Å². The molecular formula is C21H25IN2. The van der Waals surface area contributed by atoms with Gasteiger partial charge >= 0.3 is 0 Å². The molecule has 0 amide bonds. The van der Waals surface area contributed by atoms with Crippen molar-refractivity contribution < 1.29 is 0 Å². The fraction of sp³-hybridized carbons (Fsp3) is 0.381. The van der Waals surface area contributed by atoms with E-state index in [2.05, 4.69) is 103 Å². The predicted octanol–water partition coefficient (Wildman–Crippen LogP) is 6.15. The van der Waals surface area contributed by atoms with E-state index < -0.39 is 0 Å². The second-order valence-corrected chi connectivity index (χ2v) is 8.46. The minimum Gasteiger partial charge on any atom is -0.366 e. The Labute approximate surface area is 159 Å². The Kier molecular flexibility index (Phi) is 5.00. The average Bonchev–Trinajstić information content (AvgIpc) is 2.54. The highest BCUT2D eigenvalue weighted by Crippen LogP contribution is 2.43. The van der Waals surface area contributed by atoms with E-state index in [0.29, 0.717) is 5.92 Å². The van der Waals surface area contributed by atoms with Crippen molar-refractivity contribution in [1.29, 1.82) is 0 Å². The molecule has 1 atom stereocenters. The zero-order valence-electron chi connectivity index (χ0n) is 14.9. The fourth-order valence-electron chi connectivity index (χ4n) is 3.86. The summed E-state index contributed by atoms with van der Waals surface area (Å²) in [5.41, 5.74) is 5.22. The van der Waals surface area contributed by atoms with E-state index in [1.807, 2.05) is 6.21 Å². The van der Waals surface area contributed by atoms with E-state index in [4.69, 9.17) is 0 Å². The summed E-state index contributed by atoms with van der Waals surface area (Å²) in [6.45, 7) is 10.3. The Morgan fingerprint density at radius 2 is 1.92 bits per heavy atom. The van der Waals surface area contributed by atoms with Gasteiger partial charge in [-0.15, -0.1) is 0 Å². The third-order valence-corrected chi connectivity index (χ3v) is 5.63. The van der Waals surface area contributed by atoms with Gasteiger partial charge in [-0.3, -0.25) is 4.99 Å². The maximum Gasteiger partial charge on any atom is 0.0630 e. The van der Waals surface area contributed by atoms with Crippen molar-refractivity contribution in [3.8, 4) is 0 Å². The molecule has 3 heteroatoms. The lowest BCUT2D eigenvalue weighted by atomic mass is 9.79. The van der Waals surface area contributed by atoms with E-state index in [0.717, 1.165) is 12.2 Å². The van der Waals surface area contributed by atoms with Crippen LogP contribution in [-0.2, 0) is 0 Å². The molecule has 0 bridgehead atoms. The fourth-order valence-corrected chi connectivity index (χ4v) is 4.22. The number of hydrogen-bond acceptors (Lipinski definition) is 2. The summed E-state index contributed by atoms with van der Waals surface area (Å²) >= 11 is 2.31. The van der Waals surface area contributed by atoms with Gasteiger partial charge in [-0.1, -0.05) is 13.0 Å². The van der Waals surface area contributed by atoms with Crippen molar-refractivity contribution in [1.82, 2.24) is 0 Å². The predicted molar refractivity (Wildman–Crippen MR) is 113 cm³/mol. The summed E-state index contributed by atoms with van der Waals surface area (Å²) < 4.78 is 1.23. The first kappa shape index (κ1) is 17.5. The van der Waals surface area contributed by atoms with Crippen LogP contribution in [-0.4, -0.2) is 18.3 Å². The Bertz CT molecular complexity index is 747. The molecule has 24 heavy (non-hydrogen) atoms. The third-order valence-electron chi connectivity index (χ3n) is 4.92. The zero-order valence-corrected chi connectivity index (χ0v) is 17.0. The monoisotopic (exact) mass is 432 g/mol. The zero-order chi connectivity index (χ0) is 17.3. The van der Waals surface area contributed by atoms with Crippen molar-refractivity contribution >= 4 is 40.2 Å².